The number of amides is 2. The molecule has 0 spiro atoms. The molecule has 1 aliphatic rings. The summed E-state index contributed by atoms with van der Waals surface area (Å²) in [5, 5.41) is 5.66. The van der Waals surface area contributed by atoms with E-state index in [1.54, 1.807) is 24.3 Å². The summed E-state index contributed by atoms with van der Waals surface area (Å²) in [5.74, 6) is -0.0865. The largest absolute Gasteiger partial charge is 0.437 e. The van der Waals surface area contributed by atoms with E-state index in [-0.39, 0.29) is 11.8 Å². The number of aromatic nitrogens is 1. The Kier molecular flexibility index (Phi) is 4.23. The fourth-order valence-corrected chi connectivity index (χ4v) is 2.53. The van der Waals surface area contributed by atoms with Gasteiger partial charge >= 0.3 is 0 Å². The predicted molar refractivity (Wildman–Crippen MR) is 98.6 cm³/mol. The normalized spacial score (nSPS) is 13.8. The van der Waals surface area contributed by atoms with Crippen LogP contribution in [0.25, 0.3) is 17.2 Å². The van der Waals surface area contributed by atoms with Gasteiger partial charge in [-0.15, -0.1) is 0 Å². The van der Waals surface area contributed by atoms with Gasteiger partial charge < -0.3 is 15.1 Å². The first-order valence-electron chi connectivity index (χ1n) is 8.43. The van der Waals surface area contributed by atoms with Crippen molar-refractivity contribution in [3.63, 3.8) is 0 Å². The molecule has 0 unspecified atom stereocenters. The van der Waals surface area contributed by atoms with Crippen molar-refractivity contribution in [1.82, 2.24) is 10.3 Å². The number of carbonyl (C=O) groups is 2. The van der Waals surface area contributed by atoms with Gasteiger partial charge in [0.05, 0.1) is 0 Å². The van der Waals surface area contributed by atoms with Crippen molar-refractivity contribution in [2.24, 2.45) is 0 Å². The predicted octanol–water partition coefficient (Wildman–Crippen LogP) is 3.37. The Morgan fingerprint density at radius 2 is 1.96 bits per heavy atom. The number of hydrogen-bond acceptors (Lipinski definition) is 4. The van der Waals surface area contributed by atoms with Gasteiger partial charge in [-0.05, 0) is 43.2 Å². The molecular formula is C20H17N3O3. The number of nitrogens with zero attached hydrogens (tertiary/aromatic N) is 1. The van der Waals surface area contributed by atoms with Crippen LogP contribution in [0.15, 0.2) is 59.0 Å². The van der Waals surface area contributed by atoms with E-state index in [0.29, 0.717) is 28.8 Å². The number of oxazole rings is 1. The molecule has 1 fully saturated rings. The van der Waals surface area contributed by atoms with Gasteiger partial charge in [-0.3, -0.25) is 9.59 Å². The third kappa shape index (κ3) is 3.80. The molecule has 0 saturated heterocycles. The Labute approximate surface area is 149 Å². The zero-order valence-corrected chi connectivity index (χ0v) is 13.9. The number of carbonyl (C=O) groups excluding carboxylic acids is 2. The second-order valence-electron chi connectivity index (χ2n) is 6.17. The van der Waals surface area contributed by atoms with E-state index in [1.165, 1.54) is 12.2 Å². The van der Waals surface area contributed by atoms with Gasteiger partial charge in [0.2, 0.25) is 11.8 Å². The van der Waals surface area contributed by atoms with Crippen molar-refractivity contribution in [3.8, 4) is 0 Å². The highest BCUT2D eigenvalue weighted by Crippen LogP contribution is 2.20. The van der Waals surface area contributed by atoms with E-state index in [4.69, 9.17) is 4.42 Å². The van der Waals surface area contributed by atoms with Crippen molar-refractivity contribution >= 4 is 34.7 Å². The van der Waals surface area contributed by atoms with Gasteiger partial charge in [0.1, 0.15) is 5.52 Å². The zero-order chi connectivity index (χ0) is 17.9. The number of anilines is 1. The lowest BCUT2D eigenvalue weighted by Crippen LogP contribution is -2.25. The van der Waals surface area contributed by atoms with Gasteiger partial charge in [-0.25, -0.2) is 4.98 Å². The Morgan fingerprint density at radius 3 is 2.77 bits per heavy atom. The van der Waals surface area contributed by atoms with Crippen LogP contribution in [0.5, 0.6) is 0 Å². The number of para-hydroxylation sites is 2. The van der Waals surface area contributed by atoms with Crippen molar-refractivity contribution in [2.45, 2.75) is 18.9 Å². The second kappa shape index (κ2) is 6.84. The summed E-state index contributed by atoms with van der Waals surface area (Å²) in [6, 6.07) is 14.5. The molecule has 2 aromatic carbocycles. The molecule has 0 aliphatic heterocycles. The molecule has 26 heavy (non-hydrogen) atoms. The van der Waals surface area contributed by atoms with Crippen LogP contribution in [-0.4, -0.2) is 22.8 Å². The maximum Gasteiger partial charge on any atom is 0.251 e. The van der Waals surface area contributed by atoms with Gasteiger partial charge in [0.15, 0.2) is 5.58 Å². The van der Waals surface area contributed by atoms with E-state index >= 15 is 0 Å². The van der Waals surface area contributed by atoms with Crippen LogP contribution >= 0.6 is 0 Å². The summed E-state index contributed by atoms with van der Waals surface area (Å²) < 4.78 is 5.53. The molecule has 0 bridgehead atoms. The van der Waals surface area contributed by atoms with Gasteiger partial charge in [-0.2, -0.15) is 0 Å². The van der Waals surface area contributed by atoms with Crippen LogP contribution in [0.2, 0.25) is 0 Å². The summed E-state index contributed by atoms with van der Waals surface area (Å²) >= 11 is 0. The topological polar surface area (TPSA) is 84.2 Å². The molecule has 0 radical (unpaired) electrons. The molecule has 1 saturated carbocycles. The van der Waals surface area contributed by atoms with E-state index in [9.17, 15) is 9.59 Å². The van der Waals surface area contributed by atoms with Gasteiger partial charge in [0, 0.05) is 29.4 Å². The number of benzene rings is 2. The number of hydrogen-bond donors (Lipinski definition) is 2. The summed E-state index contributed by atoms with van der Waals surface area (Å²) in [7, 11) is 0. The minimum absolute atomic E-state index is 0.120. The summed E-state index contributed by atoms with van der Waals surface area (Å²) in [5.41, 5.74) is 2.49. The third-order valence-corrected chi connectivity index (χ3v) is 3.99. The lowest BCUT2D eigenvalue weighted by Gasteiger charge is -2.06. The van der Waals surface area contributed by atoms with Crippen molar-refractivity contribution in [2.75, 3.05) is 5.32 Å². The van der Waals surface area contributed by atoms with Gasteiger partial charge in [-0.1, -0.05) is 18.2 Å². The Hall–Kier alpha value is -3.41. The Balaban J connectivity index is 1.41. The minimum Gasteiger partial charge on any atom is -0.437 e. The summed E-state index contributed by atoms with van der Waals surface area (Å²) in [6.45, 7) is 0. The fraction of sp³-hybridized carbons (Fsp3) is 0.150. The molecule has 3 aromatic rings. The van der Waals surface area contributed by atoms with E-state index < -0.39 is 0 Å². The Morgan fingerprint density at radius 1 is 1.12 bits per heavy atom. The SMILES string of the molecule is O=C(/C=C/c1nc2ccccc2o1)Nc1cccc(C(=O)NC2CC2)c1. The minimum atomic E-state index is -0.327. The summed E-state index contributed by atoms with van der Waals surface area (Å²) in [4.78, 5) is 28.4. The number of fused-ring (bicyclic) bond motifs is 1. The van der Waals surface area contributed by atoms with Crippen LogP contribution in [0.4, 0.5) is 5.69 Å². The standard InChI is InChI=1S/C20H17N3O3/c24-18(10-11-19-23-16-6-1-2-7-17(16)26-19)21-15-5-3-4-13(12-15)20(25)22-14-8-9-14/h1-7,10-12,14H,8-9H2,(H,21,24)(H,22,25)/b11-10+. The van der Waals surface area contributed by atoms with Gasteiger partial charge in [0.25, 0.3) is 5.91 Å². The van der Waals surface area contributed by atoms with Crippen LogP contribution < -0.4 is 10.6 Å². The van der Waals surface area contributed by atoms with Crippen LogP contribution in [0.3, 0.4) is 0 Å². The Bertz CT molecular complexity index is 969. The molecule has 6 nitrogen and oxygen atoms in total. The molecule has 1 heterocycles. The first-order valence-corrected chi connectivity index (χ1v) is 8.43. The average Bonchev–Trinajstić information content (AvgIpc) is 3.35. The lowest BCUT2D eigenvalue weighted by atomic mass is 10.2. The quantitative estimate of drug-likeness (QED) is 0.693. The molecule has 2 amide bonds. The van der Waals surface area contributed by atoms with E-state index in [2.05, 4.69) is 15.6 Å². The molecule has 130 valence electrons. The third-order valence-electron chi connectivity index (χ3n) is 3.99. The molecular weight excluding hydrogens is 330 g/mol. The highest BCUT2D eigenvalue weighted by atomic mass is 16.3. The number of nitrogens with one attached hydrogen (secondary N) is 2. The van der Waals surface area contributed by atoms with E-state index in [1.807, 2.05) is 24.3 Å². The maximum atomic E-state index is 12.1. The molecule has 6 heteroatoms. The highest BCUT2D eigenvalue weighted by molar-refractivity contribution is 6.03. The van der Waals surface area contributed by atoms with Crippen LogP contribution in [0, 0.1) is 0 Å². The fourth-order valence-electron chi connectivity index (χ4n) is 2.53. The zero-order valence-electron chi connectivity index (χ0n) is 13.9. The summed E-state index contributed by atoms with van der Waals surface area (Å²) in [6.07, 6.45) is 4.92. The van der Waals surface area contributed by atoms with E-state index in [0.717, 1.165) is 18.4 Å². The molecule has 1 aliphatic carbocycles. The maximum absolute atomic E-state index is 12.1. The molecule has 0 atom stereocenters. The first-order chi connectivity index (χ1) is 12.7. The lowest BCUT2D eigenvalue weighted by molar-refractivity contribution is -0.111. The van der Waals surface area contributed by atoms with Crippen LogP contribution in [0.1, 0.15) is 29.1 Å². The average molecular weight is 347 g/mol. The number of rotatable bonds is 5. The molecule has 1 aromatic heterocycles. The van der Waals surface area contributed by atoms with Crippen molar-refractivity contribution in [3.05, 3.63) is 66.1 Å². The molecule has 4 rings (SSSR count). The van der Waals surface area contributed by atoms with Crippen molar-refractivity contribution < 1.29 is 14.0 Å². The van der Waals surface area contributed by atoms with Crippen LogP contribution in [-0.2, 0) is 4.79 Å². The van der Waals surface area contributed by atoms with Crippen molar-refractivity contribution in [1.29, 1.82) is 0 Å². The second-order valence-corrected chi connectivity index (χ2v) is 6.17. The molecule has 2 N–H and O–H groups in total. The monoisotopic (exact) mass is 347 g/mol. The smallest absolute Gasteiger partial charge is 0.251 e. The first kappa shape index (κ1) is 16.1. The highest BCUT2D eigenvalue weighted by Gasteiger charge is 2.23.